The first-order valence-electron chi connectivity index (χ1n) is 4.84. The molecule has 0 aromatic carbocycles. The third-order valence-electron chi connectivity index (χ3n) is 2.08. The monoisotopic (exact) mass is 190 g/mol. The molecule has 0 spiro atoms. The van der Waals surface area contributed by atoms with E-state index in [1.807, 2.05) is 40.0 Å². The van der Waals surface area contributed by atoms with Crippen LogP contribution < -0.4 is 5.73 Å². The van der Waals surface area contributed by atoms with E-state index >= 15 is 0 Å². The Morgan fingerprint density at radius 1 is 1.43 bits per heavy atom. The van der Waals surface area contributed by atoms with Crippen LogP contribution in [-0.2, 0) is 0 Å². The molecule has 2 nitrogen and oxygen atoms in total. The predicted molar refractivity (Wildman–Crippen MR) is 60.1 cm³/mol. The maximum absolute atomic E-state index is 6.01. The zero-order valence-electron chi connectivity index (χ0n) is 9.33. The summed E-state index contributed by atoms with van der Waals surface area (Å²) in [5, 5.41) is 0. The van der Waals surface area contributed by atoms with Crippen LogP contribution in [0.2, 0.25) is 0 Å². The molecule has 1 aromatic rings. The average Bonchev–Trinajstić information content (AvgIpc) is 2.01. The summed E-state index contributed by atoms with van der Waals surface area (Å²) < 4.78 is 0. The second-order valence-corrected chi connectivity index (χ2v) is 3.98. The molecular formula is C12H18N2. The van der Waals surface area contributed by atoms with Crippen LogP contribution in [0.3, 0.4) is 0 Å². The number of nitrogens with two attached hydrogens (primary N) is 1. The number of hydrogen-bond acceptors (Lipinski definition) is 2. The van der Waals surface area contributed by atoms with Crippen LogP contribution in [0.5, 0.6) is 0 Å². The Labute approximate surface area is 85.9 Å². The highest BCUT2D eigenvalue weighted by Crippen LogP contribution is 2.16. The molecule has 2 N–H and O–H groups in total. The Hall–Kier alpha value is -1.15. The lowest BCUT2D eigenvalue weighted by Gasteiger charge is -2.10. The van der Waals surface area contributed by atoms with Gasteiger partial charge in [-0.05, 0) is 38.8 Å². The van der Waals surface area contributed by atoms with Crippen molar-refractivity contribution >= 4 is 0 Å². The van der Waals surface area contributed by atoms with Gasteiger partial charge in [-0.1, -0.05) is 17.7 Å². The van der Waals surface area contributed by atoms with Crippen molar-refractivity contribution in [2.24, 2.45) is 5.73 Å². The maximum atomic E-state index is 6.01. The van der Waals surface area contributed by atoms with E-state index in [1.165, 1.54) is 11.1 Å². The molecule has 14 heavy (non-hydrogen) atoms. The highest BCUT2D eigenvalue weighted by atomic mass is 14.8. The van der Waals surface area contributed by atoms with Crippen molar-refractivity contribution in [3.8, 4) is 0 Å². The first-order valence-corrected chi connectivity index (χ1v) is 4.84. The summed E-state index contributed by atoms with van der Waals surface area (Å²) >= 11 is 0. The summed E-state index contributed by atoms with van der Waals surface area (Å²) in [6.07, 6.45) is 3.89. The van der Waals surface area contributed by atoms with Gasteiger partial charge in [0.25, 0.3) is 0 Å². The Kier molecular flexibility index (Phi) is 3.42. The van der Waals surface area contributed by atoms with E-state index in [9.17, 15) is 0 Å². The third kappa shape index (κ3) is 2.67. The summed E-state index contributed by atoms with van der Waals surface area (Å²) in [4.78, 5) is 4.36. The van der Waals surface area contributed by atoms with Gasteiger partial charge in [0.1, 0.15) is 0 Å². The fraction of sp³-hybridized carbons (Fsp3) is 0.417. The van der Waals surface area contributed by atoms with Crippen LogP contribution in [0.4, 0.5) is 0 Å². The summed E-state index contributed by atoms with van der Waals surface area (Å²) in [5.41, 5.74) is 10.5. The fourth-order valence-electron chi connectivity index (χ4n) is 1.51. The summed E-state index contributed by atoms with van der Waals surface area (Å²) in [6, 6.07) is 2.03. The van der Waals surface area contributed by atoms with Gasteiger partial charge in [0, 0.05) is 6.20 Å². The second-order valence-electron chi connectivity index (χ2n) is 3.98. The van der Waals surface area contributed by atoms with Gasteiger partial charge in [-0.25, -0.2) is 0 Å². The van der Waals surface area contributed by atoms with Gasteiger partial charge in [0.15, 0.2) is 0 Å². The number of aryl methyl sites for hydroxylation is 2. The highest BCUT2D eigenvalue weighted by molar-refractivity contribution is 5.28. The predicted octanol–water partition coefficient (Wildman–Crippen LogP) is 2.66. The number of aromatic nitrogens is 1. The van der Waals surface area contributed by atoms with Gasteiger partial charge in [-0.15, -0.1) is 0 Å². The average molecular weight is 190 g/mol. The van der Waals surface area contributed by atoms with Crippen LogP contribution >= 0.6 is 0 Å². The minimum absolute atomic E-state index is 0.0828. The molecule has 0 saturated carbocycles. The Morgan fingerprint density at radius 2 is 2.07 bits per heavy atom. The molecule has 1 heterocycles. The van der Waals surface area contributed by atoms with E-state index in [4.69, 9.17) is 5.73 Å². The summed E-state index contributed by atoms with van der Waals surface area (Å²) in [5.74, 6) is 0. The molecule has 0 amide bonds. The molecule has 0 radical (unpaired) electrons. The number of rotatable bonds is 2. The molecule has 0 saturated heterocycles. The van der Waals surface area contributed by atoms with Gasteiger partial charge in [0.05, 0.1) is 11.7 Å². The molecule has 0 bridgehead atoms. The molecule has 0 fully saturated rings. The van der Waals surface area contributed by atoms with Crippen molar-refractivity contribution in [2.75, 3.05) is 0 Å². The van der Waals surface area contributed by atoms with Crippen molar-refractivity contribution in [3.05, 3.63) is 40.7 Å². The van der Waals surface area contributed by atoms with Crippen molar-refractivity contribution in [2.45, 2.75) is 33.7 Å². The first-order chi connectivity index (χ1) is 6.50. The topological polar surface area (TPSA) is 38.9 Å². The molecule has 1 aromatic heterocycles. The van der Waals surface area contributed by atoms with E-state index < -0.39 is 0 Å². The van der Waals surface area contributed by atoms with Gasteiger partial charge < -0.3 is 5.73 Å². The largest absolute Gasteiger partial charge is 0.319 e. The SMILES string of the molecule is CC(C)=CC(N)c1ncc(C)cc1C. The fourth-order valence-corrected chi connectivity index (χ4v) is 1.51. The highest BCUT2D eigenvalue weighted by Gasteiger charge is 2.07. The zero-order valence-corrected chi connectivity index (χ0v) is 9.33. The van der Waals surface area contributed by atoms with E-state index in [0.29, 0.717) is 0 Å². The van der Waals surface area contributed by atoms with Crippen molar-refractivity contribution in [1.29, 1.82) is 0 Å². The number of pyridine rings is 1. The molecule has 0 aliphatic carbocycles. The van der Waals surface area contributed by atoms with E-state index in [0.717, 1.165) is 11.3 Å². The minimum Gasteiger partial charge on any atom is -0.319 e. The second kappa shape index (κ2) is 4.38. The molecule has 0 aliphatic rings. The smallest absolute Gasteiger partial charge is 0.0661 e. The number of allylic oxidation sites excluding steroid dienone is 1. The third-order valence-corrected chi connectivity index (χ3v) is 2.08. The quantitative estimate of drug-likeness (QED) is 0.728. The van der Waals surface area contributed by atoms with Crippen LogP contribution in [-0.4, -0.2) is 4.98 Å². The lowest BCUT2D eigenvalue weighted by atomic mass is 10.1. The van der Waals surface area contributed by atoms with Gasteiger partial charge >= 0.3 is 0 Å². The van der Waals surface area contributed by atoms with E-state index in [-0.39, 0.29) is 6.04 Å². The van der Waals surface area contributed by atoms with E-state index in [2.05, 4.69) is 11.1 Å². The Balaban J connectivity index is 3.02. The molecule has 0 aliphatic heterocycles. The maximum Gasteiger partial charge on any atom is 0.0661 e. The van der Waals surface area contributed by atoms with Crippen LogP contribution in [0.15, 0.2) is 23.9 Å². The zero-order chi connectivity index (χ0) is 10.7. The summed E-state index contributed by atoms with van der Waals surface area (Å²) in [6.45, 7) is 8.18. The summed E-state index contributed by atoms with van der Waals surface area (Å²) in [7, 11) is 0. The normalized spacial score (nSPS) is 12.4. The molecule has 2 heteroatoms. The van der Waals surface area contributed by atoms with Crippen LogP contribution in [0.25, 0.3) is 0 Å². The van der Waals surface area contributed by atoms with Gasteiger partial charge in [-0.3, -0.25) is 4.98 Å². The van der Waals surface area contributed by atoms with Crippen molar-refractivity contribution in [1.82, 2.24) is 4.98 Å². The lowest BCUT2D eigenvalue weighted by Crippen LogP contribution is -2.11. The lowest BCUT2D eigenvalue weighted by molar-refractivity contribution is 0.838. The minimum atomic E-state index is -0.0828. The van der Waals surface area contributed by atoms with Crippen molar-refractivity contribution in [3.63, 3.8) is 0 Å². The Bertz CT molecular complexity index is 349. The van der Waals surface area contributed by atoms with Crippen molar-refractivity contribution < 1.29 is 0 Å². The molecular weight excluding hydrogens is 172 g/mol. The molecule has 76 valence electrons. The first kappa shape index (κ1) is 10.9. The van der Waals surface area contributed by atoms with E-state index in [1.54, 1.807) is 0 Å². The molecule has 1 atom stereocenters. The van der Waals surface area contributed by atoms with Gasteiger partial charge in [-0.2, -0.15) is 0 Å². The number of nitrogens with zero attached hydrogens (tertiary/aromatic N) is 1. The van der Waals surface area contributed by atoms with Gasteiger partial charge in [0.2, 0.25) is 0 Å². The molecule has 1 unspecified atom stereocenters. The Morgan fingerprint density at radius 3 is 2.57 bits per heavy atom. The van der Waals surface area contributed by atoms with Crippen LogP contribution in [0, 0.1) is 13.8 Å². The van der Waals surface area contributed by atoms with Crippen LogP contribution in [0.1, 0.15) is 36.7 Å². The number of hydrogen-bond donors (Lipinski definition) is 1. The molecule has 1 rings (SSSR count). The standard InChI is InChI=1S/C12H18N2/c1-8(2)5-11(13)12-10(4)6-9(3)7-14-12/h5-7,11H,13H2,1-4H3.